The second-order valence-electron chi connectivity index (χ2n) is 5.49. The third kappa shape index (κ3) is 2.26. The highest BCUT2D eigenvalue weighted by atomic mass is 32.2. The van der Waals surface area contributed by atoms with Crippen LogP contribution in [0.25, 0.3) is 0 Å². The minimum Gasteiger partial charge on any atom is -0.497 e. The maximum atomic E-state index is 5.32. The van der Waals surface area contributed by atoms with E-state index in [0.717, 1.165) is 17.6 Å². The number of piperidine rings is 1. The van der Waals surface area contributed by atoms with Gasteiger partial charge in [-0.25, -0.2) is 0 Å². The largest absolute Gasteiger partial charge is 0.497 e. The SMILES string of the molecule is COc1ccc2c(c1)SCC2C1CCCN(C)C1. The summed E-state index contributed by atoms with van der Waals surface area (Å²) in [6.45, 7) is 2.53. The fourth-order valence-electron chi connectivity index (χ4n) is 3.27. The van der Waals surface area contributed by atoms with Crippen molar-refractivity contribution in [1.82, 2.24) is 4.90 Å². The van der Waals surface area contributed by atoms with Crippen molar-refractivity contribution >= 4 is 11.8 Å². The maximum absolute atomic E-state index is 5.32. The van der Waals surface area contributed by atoms with Gasteiger partial charge in [-0.2, -0.15) is 0 Å². The van der Waals surface area contributed by atoms with Crippen LogP contribution in [-0.2, 0) is 0 Å². The van der Waals surface area contributed by atoms with Crippen LogP contribution in [-0.4, -0.2) is 37.9 Å². The van der Waals surface area contributed by atoms with Gasteiger partial charge < -0.3 is 9.64 Å². The van der Waals surface area contributed by atoms with Crippen LogP contribution in [0.1, 0.15) is 24.3 Å². The first-order valence-electron chi connectivity index (χ1n) is 6.77. The van der Waals surface area contributed by atoms with Crippen molar-refractivity contribution in [3.63, 3.8) is 0 Å². The van der Waals surface area contributed by atoms with Crippen LogP contribution >= 0.6 is 11.8 Å². The van der Waals surface area contributed by atoms with Gasteiger partial charge in [0.2, 0.25) is 0 Å². The molecule has 0 saturated carbocycles. The van der Waals surface area contributed by atoms with Gasteiger partial charge in [0, 0.05) is 17.2 Å². The van der Waals surface area contributed by atoms with Crippen molar-refractivity contribution in [2.75, 3.05) is 33.0 Å². The third-order valence-corrected chi connectivity index (χ3v) is 5.46. The summed E-state index contributed by atoms with van der Waals surface area (Å²) in [5, 5.41) is 0. The highest BCUT2D eigenvalue weighted by molar-refractivity contribution is 7.99. The van der Waals surface area contributed by atoms with Crippen LogP contribution in [0.3, 0.4) is 0 Å². The van der Waals surface area contributed by atoms with E-state index in [4.69, 9.17) is 4.74 Å². The molecule has 0 N–H and O–H groups in total. The van der Waals surface area contributed by atoms with Crippen LogP contribution in [0.5, 0.6) is 5.75 Å². The van der Waals surface area contributed by atoms with Crippen LogP contribution in [0.15, 0.2) is 23.1 Å². The van der Waals surface area contributed by atoms with Crippen LogP contribution in [0.2, 0.25) is 0 Å². The lowest BCUT2D eigenvalue weighted by molar-refractivity contribution is 0.193. The summed E-state index contributed by atoms with van der Waals surface area (Å²) >= 11 is 2.00. The molecule has 3 heteroatoms. The standard InChI is InChI=1S/C15H21NOS/c1-16-7-3-4-11(9-16)14-10-18-15-8-12(17-2)5-6-13(14)15/h5-6,8,11,14H,3-4,7,9-10H2,1-2H3. The molecule has 2 nitrogen and oxygen atoms in total. The Bertz CT molecular complexity index is 435. The number of hydrogen-bond donors (Lipinski definition) is 0. The Morgan fingerprint density at radius 1 is 1.39 bits per heavy atom. The van der Waals surface area contributed by atoms with E-state index in [-0.39, 0.29) is 0 Å². The van der Waals surface area contributed by atoms with Crippen molar-refractivity contribution in [1.29, 1.82) is 0 Å². The molecule has 0 radical (unpaired) electrons. The first-order chi connectivity index (χ1) is 8.78. The molecular weight excluding hydrogens is 242 g/mol. The zero-order valence-electron chi connectivity index (χ0n) is 11.2. The van der Waals surface area contributed by atoms with E-state index in [1.165, 1.54) is 36.6 Å². The monoisotopic (exact) mass is 263 g/mol. The summed E-state index contributed by atoms with van der Waals surface area (Å²) in [6, 6.07) is 6.60. The molecule has 2 heterocycles. The molecule has 0 aliphatic carbocycles. The minimum absolute atomic E-state index is 0.749. The molecular formula is C15H21NOS. The molecule has 3 rings (SSSR count). The topological polar surface area (TPSA) is 12.5 Å². The fourth-order valence-corrected chi connectivity index (χ4v) is 4.66. The molecule has 0 spiro atoms. The molecule has 2 aliphatic rings. The molecule has 2 aliphatic heterocycles. The van der Waals surface area contributed by atoms with E-state index in [0.29, 0.717) is 0 Å². The van der Waals surface area contributed by atoms with Crippen LogP contribution in [0, 0.1) is 5.92 Å². The number of rotatable bonds is 2. The summed E-state index contributed by atoms with van der Waals surface area (Å²) < 4.78 is 5.32. The number of benzene rings is 1. The van der Waals surface area contributed by atoms with Gasteiger partial charge in [0.15, 0.2) is 0 Å². The Morgan fingerprint density at radius 3 is 3.06 bits per heavy atom. The highest BCUT2D eigenvalue weighted by Gasteiger charge is 2.32. The lowest BCUT2D eigenvalue weighted by Gasteiger charge is -2.33. The highest BCUT2D eigenvalue weighted by Crippen LogP contribution is 2.46. The normalized spacial score (nSPS) is 28.1. The first kappa shape index (κ1) is 12.4. The molecule has 1 aromatic rings. The van der Waals surface area contributed by atoms with E-state index in [1.54, 1.807) is 12.7 Å². The van der Waals surface area contributed by atoms with Gasteiger partial charge in [0.25, 0.3) is 0 Å². The number of hydrogen-bond acceptors (Lipinski definition) is 3. The average molecular weight is 263 g/mol. The van der Waals surface area contributed by atoms with Gasteiger partial charge in [-0.15, -0.1) is 11.8 Å². The molecule has 18 heavy (non-hydrogen) atoms. The summed E-state index contributed by atoms with van der Waals surface area (Å²) in [7, 11) is 4.00. The molecule has 2 unspecified atom stereocenters. The maximum Gasteiger partial charge on any atom is 0.119 e. The van der Waals surface area contributed by atoms with Gasteiger partial charge in [-0.1, -0.05) is 6.07 Å². The molecule has 1 saturated heterocycles. The van der Waals surface area contributed by atoms with Gasteiger partial charge in [0.05, 0.1) is 7.11 Å². The van der Waals surface area contributed by atoms with Crippen molar-refractivity contribution in [3.8, 4) is 5.75 Å². The molecule has 1 fully saturated rings. The summed E-state index contributed by atoms with van der Waals surface area (Å²) in [6.07, 6.45) is 2.74. The number of nitrogens with zero attached hydrogens (tertiary/aromatic N) is 1. The van der Waals surface area contributed by atoms with Gasteiger partial charge in [-0.05, 0) is 56.0 Å². The molecule has 0 bridgehead atoms. The second kappa shape index (κ2) is 5.14. The molecule has 0 aromatic heterocycles. The predicted molar refractivity (Wildman–Crippen MR) is 76.7 cm³/mol. The fraction of sp³-hybridized carbons (Fsp3) is 0.600. The first-order valence-corrected chi connectivity index (χ1v) is 7.76. The average Bonchev–Trinajstić information content (AvgIpc) is 2.81. The molecule has 2 atom stereocenters. The van der Waals surface area contributed by atoms with E-state index in [1.807, 2.05) is 11.8 Å². The Balaban J connectivity index is 1.81. The lowest BCUT2D eigenvalue weighted by atomic mass is 9.82. The summed E-state index contributed by atoms with van der Waals surface area (Å²) in [5.74, 6) is 3.83. The van der Waals surface area contributed by atoms with Gasteiger partial charge in [-0.3, -0.25) is 0 Å². The Hall–Kier alpha value is -0.670. The quantitative estimate of drug-likeness (QED) is 0.813. The number of likely N-dealkylation sites (tertiary alicyclic amines) is 1. The molecule has 1 aromatic carbocycles. The number of methoxy groups -OCH3 is 1. The van der Waals surface area contributed by atoms with Crippen LogP contribution in [0.4, 0.5) is 0 Å². The van der Waals surface area contributed by atoms with Crippen molar-refractivity contribution in [3.05, 3.63) is 23.8 Å². The third-order valence-electron chi connectivity index (χ3n) is 4.27. The minimum atomic E-state index is 0.749. The Labute approximate surface area is 114 Å². The summed E-state index contributed by atoms with van der Waals surface area (Å²) in [5.41, 5.74) is 1.56. The van der Waals surface area contributed by atoms with Crippen molar-refractivity contribution in [2.45, 2.75) is 23.7 Å². The smallest absolute Gasteiger partial charge is 0.119 e. The number of thioether (sulfide) groups is 1. The van der Waals surface area contributed by atoms with E-state index in [2.05, 4.69) is 30.1 Å². The molecule has 98 valence electrons. The number of ether oxygens (including phenoxy) is 1. The van der Waals surface area contributed by atoms with Crippen LogP contribution < -0.4 is 4.74 Å². The zero-order valence-corrected chi connectivity index (χ0v) is 12.0. The molecule has 0 amide bonds. The van der Waals surface area contributed by atoms with Gasteiger partial charge in [0.1, 0.15) is 5.75 Å². The number of fused-ring (bicyclic) bond motifs is 1. The zero-order chi connectivity index (χ0) is 12.5. The van der Waals surface area contributed by atoms with Gasteiger partial charge >= 0.3 is 0 Å². The summed E-state index contributed by atoms with van der Waals surface area (Å²) in [4.78, 5) is 3.92. The second-order valence-corrected chi connectivity index (χ2v) is 6.55. The van der Waals surface area contributed by atoms with Crippen molar-refractivity contribution in [2.24, 2.45) is 5.92 Å². The lowest BCUT2D eigenvalue weighted by Crippen LogP contribution is -2.35. The Kier molecular flexibility index (Phi) is 3.53. The van der Waals surface area contributed by atoms with Crippen molar-refractivity contribution < 1.29 is 4.74 Å². The Morgan fingerprint density at radius 2 is 2.28 bits per heavy atom. The van der Waals surface area contributed by atoms with E-state index in [9.17, 15) is 0 Å². The van der Waals surface area contributed by atoms with E-state index >= 15 is 0 Å². The van der Waals surface area contributed by atoms with E-state index < -0.39 is 0 Å². The predicted octanol–water partition coefficient (Wildman–Crippen LogP) is 3.23.